The summed E-state index contributed by atoms with van der Waals surface area (Å²) >= 11 is 6.24. The normalized spacial score (nSPS) is 10.9. The minimum Gasteiger partial charge on any atom is -0.321 e. The molecule has 0 bridgehead atoms. The van der Waals surface area contributed by atoms with Gasteiger partial charge in [0.25, 0.3) is 5.91 Å². The number of nitrogens with one attached hydrogen (secondary N) is 1. The Morgan fingerprint density at radius 2 is 1.93 bits per heavy atom. The van der Waals surface area contributed by atoms with Gasteiger partial charge in [0.15, 0.2) is 5.82 Å². The number of halogens is 1. The molecule has 0 saturated heterocycles. The van der Waals surface area contributed by atoms with Crippen molar-refractivity contribution >= 4 is 23.2 Å². The van der Waals surface area contributed by atoms with Crippen molar-refractivity contribution in [3.63, 3.8) is 0 Å². The van der Waals surface area contributed by atoms with Crippen molar-refractivity contribution < 1.29 is 4.79 Å². The Labute approximate surface area is 171 Å². The second kappa shape index (κ2) is 7.44. The third-order valence-corrected chi connectivity index (χ3v) is 4.64. The SMILES string of the molecule is Cc1cc(C)n(-c2ccc(Cl)c(C(=O)Nc3ccc(C)c(-n4cnnn4)c3)n2)n1. The summed E-state index contributed by atoms with van der Waals surface area (Å²) in [5.41, 5.74) is 4.16. The fourth-order valence-corrected chi connectivity index (χ4v) is 3.16. The first-order chi connectivity index (χ1) is 13.9. The third kappa shape index (κ3) is 3.72. The Morgan fingerprint density at radius 1 is 1.10 bits per heavy atom. The maximum absolute atomic E-state index is 12.9. The van der Waals surface area contributed by atoms with Crippen LogP contribution in [0.4, 0.5) is 5.69 Å². The van der Waals surface area contributed by atoms with E-state index in [4.69, 9.17) is 11.6 Å². The first-order valence-corrected chi connectivity index (χ1v) is 9.16. The summed E-state index contributed by atoms with van der Waals surface area (Å²) in [6.45, 7) is 5.74. The molecule has 10 heteroatoms. The van der Waals surface area contributed by atoms with E-state index < -0.39 is 5.91 Å². The average Bonchev–Trinajstić information content (AvgIpc) is 3.33. The van der Waals surface area contributed by atoms with Crippen molar-refractivity contribution in [1.29, 1.82) is 0 Å². The lowest BCUT2D eigenvalue weighted by Gasteiger charge is -2.11. The number of aromatic nitrogens is 7. The lowest BCUT2D eigenvalue weighted by Crippen LogP contribution is -2.16. The summed E-state index contributed by atoms with van der Waals surface area (Å²) in [5.74, 6) is 0.0911. The first kappa shape index (κ1) is 18.8. The minimum atomic E-state index is -0.426. The number of tetrazole rings is 1. The van der Waals surface area contributed by atoms with E-state index in [2.05, 4.69) is 30.9 Å². The molecule has 0 atom stereocenters. The summed E-state index contributed by atoms with van der Waals surface area (Å²) < 4.78 is 3.20. The summed E-state index contributed by atoms with van der Waals surface area (Å²) in [4.78, 5) is 17.3. The fraction of sp³-hybridized carbons (Fsp3) is 0.158. The Morgan fingerprint density at radius 3 is 2.62 bits per heavy atom. The monoisotopic (exact) mass is 408 g/mol. The van der Waals surface area contributed by atoms with Crippen LogP contribution in [0.2, 0.25) is 5.02 Å². The molecule has 1 amide bonds. The van der Waals surface area contributed by atoms with Gasteiger partial charge in [0.05, 0.1) is 16.4 Å². The molecule has 1 N–H and O–H groups in total. The van der Waals surface area contributed by atoms with Crippen LogP contribution in [0.5, 0.6) is 0 Å². The van der Waals surface area contributed by atoms with Gasteiger partial charge < -0.3 is 5.32 Å². The van der Waals surface area contributed by atoms with Crippen LogP contribution in [-0.4, -0.2) is 40.9 Å². The van der Waals surface area contributed by atoms with Crippen LogP contribution >= 0.6 is 11.6 Å². The maximum atomic E-state index is 12.9. The number of aryl methyl sites for hydroxylation is 3. The smallest absolute Gasteiger partial charge is 0.275 e. The summed E-state index contributed by atoms with van der Waals surface area (Å²) in [5, 5.41) is 18.7. The predicted octanol–water partition coefficient (Wildman–Crippen LogP) is 3.07. The zero-order valence-electron chi connectivity index (χ0n) is 16.0. The van der Waals surface area contributed by atoms with Crippen LogP contribution in [0.1, 0.15) is 27.4 Å². The number of hydrogen-bond acceptors (Lipinski definition) is 6. The van der Waals surface area contributed by atoms with Gasteiger partial charge >= 0.3 is 0 Å². The molecule has 0 unspecified atom stereocenters. The van der Waals surface area contributed by atoms with Crippen LogP contribution in [0.25, 0.3) is 11.5 Å². The molecule has 0 radical (unpaired) electrons. The summed E-state index contributed by atoms with van der Waals surface area (Å²) in [6, 6.07) is 10.7. The zero-order chi connectivity index (χ0) is 20.5. The van der Waals surface area contributed by atoms with Crippen LogP contribution in [0.3, 0.4) is 0 Å². The Kier molecular flexibility index (Phi) is 4.81. The number of benzene rings is 1. The first-order valence-electron chi connectivity index (χ1n) is 8.78. The third-order valence-electron chi connectivity index (χ3n) is 4.34. The number of rotatable bonds is 4. The van der Waals surface area contributed by atoms with Gasteiger partial charge in [-0.15, -0.1) is 5.10 Å². The number of amides is 1. The summed E-state index contributed by atoms with van der Waals surface area (Å²) in [7, 11) is 0. The van der Waals surface area contributed by atoms with Crippen molar-refractivity contribution in [2.24, 2.45) is 0 Å². The van der Waals surface area contributed by atoms with Crippen molar-refractivity contribution in [3.8, 4) is 11.5 Å². The number of pyridine rings is 1. The van der Waals surface area contributed by atoms with E-state index in [-0.39, 0.29) is 10.7 Å². The lowest BCUT2D eigenvalue weighted by molar-refractivity contribution is 0.102. The molecular weight excluding hydrogens is 392 g/mol. The molecule has 0 aliphatic rings. The minimum absolute atomic E-state index is 0.112. The average molecular weight is 409 g/mol. The Bertz CT molecular complexity index is 1200. The Hall–Kier alpha value is -3.59. The van der Waals surface area contributed by atoms with Crippen LogP contribution < -0.4 is 5.32 Å². The molecule has 0 aliphatic carbocycles. The molecule has 3 aromatic heterocycles. The number of carbonyl (C=O) groups excluding carboxylic acids is 1. The van der Waals surface area contributed by atoms with Gasteiger partial charge in [-0.1, -0.05) is 17.7 Å². The summed E-state index contributed by atoms with van der Waals surface area (Å²) in [6.07, 6.45) is 1.49. The van der Waals surface area contributed by atoms with Gasteiger partial charge in [0.1, 0.15) is 12.0 Å². The highest BCUT2D eigenvalue weighted by molar-refractivity contribution is 6.34. The quantitative estimate of drug-likeness (QED) is 0.556. The van der Waals surface area contributed by atoms with E-state index in [1.807, 2.05) is 32.9 Å². The Balaban J connectivity index is 1.65. The molecule has 1 aromatic carbocycles. The highest BCUT2D eigenvalue weighted by Crippen LogP contribution is 2.22. The van der Waals surface area contributed by atoms with Gasteiger partial charge in [-0.2, -0.15) is 5.10 Å². The number of hydrogen-bond donors (Lipinski definition) is 1. The van der Waals surface area contributed by atoms with Crippen LogP contribution in [-0.2, 0) is 0 Å². The van der Waals surface area contributed by atoms with E-state index >= 15 is 0 Å². The van der Waals surface area contributed by atoms with E-state index in [0.717, 1.165) is 22.6 Å². The van der Waals surface area contributed by atoms with Crippen molar-refractivity contribution in [2.45, 2.75) is 20.8 Å². The molecule has 0 saturated carbocycles. The molecule has 3 heterocycles. The van der Waals surface area contributed by atoms with Crippen molar-refractivity contribution in [2.75, 3.05) is 5.32 Å². The second-order valence-corrected chi connectivity index (χ2v) is 6.96. The van der Waals surface area contributed by atoms with Gasteiger partial charge in [-0.3, -0.25) is 4.79 Å². The fourth-order valence-electron chi connectivity index (χ4n) is 2.97. The number of carbonyl (C=O) groups is 1. The van der Waals surface area contributed by atoms with E-state index in [1.54, 1.807) is 28.9 Å². The van der Waals surface area contributed by atoms with E-state index in [1.165, 1.54) is 11.0 Å². The zero-order valence-corrected chi connectivity index (χ0v) is 16.7. The van der Waals surface area contributed by atoms with Crippen LogP contribution in [0, 0.1) is 20.8 Å². The molecule has 146 valence electrons. The molecular formula is C19H17ClN8O. The standard InChI is InChI=1S/C19H17ClN8O/c1-11-4-5-14(9-16(11)27-10-21-25-26-27)22-19(29)18-15(20)6-7-17(23-18)28-13(3)8-12(2)24-28/h4-10H,1-3H3,(H,22,29). The molecule has 29 heavy (non-hydrogen) atoms. The lowest BCUT2D eigenvalue weighted by atomic mass is 10.1. The second-order valence-electron chi connectivity index (χ2n) is 6.55. The molecule has 4 rings (SSSR count). The predicted molar refractivity (Wildman–Crippen MR) is 108 cm³/mol. The highest BCUT2D eigenvalue weighted by Gasteiger charge is 2.16. The number of anilines is 1. The molecule has 0 spiro atoms. The molecule has 4 aromatic rings. The molecule has 0 aliphatic heterocycles. The number of nitrogens with zero attached hydrogens (tertiary/aromatic N) is 7. The van der Waals surface area contributed by atoms with Crippen molar-refractivity contribution in [3.05, 3.63) is 70.4 Å². The van der Waals surface area contributed by atoms with Gasteiger partial charge in [-0.25, -0.2) is 14.3 Å². The molecule has 9 nitrogen and oxygen atoms in total. The van der Waals surface area contributed by atoms with Gasteiger partial charge in [0.2, 0.25) is 0 Å². The van der Waals surface area contributed by atoms with E-state index in [0.29, 0.717) is 11.5 Å². The molecule has 0 fully saturated rings. The maximum Gasteiger partial charge on any atom is 0.275 e. The highest BCUT2D eigenvalue weighted by atomic mass is 35.5. The van der Waals surface area contributed by atoms with E-state index in [9.17, 15) is 4.79 Å². The largest absolute Gasteiger partial charge is 0.321 e. The van der Waals surface area contributed by atoms with Gasteiger partial charge in [-0.05, 0) is 67.1 Å². The van der Waals surface area contributed by atoms with Crippen LogP contribution in [0.15, 0.2) is 42.7 Å². The van der Waals surface area contributed by atoms with Gasteiger partial charge in [0, 0.05) is 11.4 Å². The van der Waals surface area contributed by atoms with Crippen molar-refractivity contribution in [1.82, 2.24) is 35.0 Å². The topological polar surface area (TPSA) is 103 Å².